The molecule has 0 fully saturated rings. The van der Waals surface area contributed by atoms with Gasteiger partial charge in [-0.1, -0.05) is 11.6 Å². The van der Waals surface area contributed by atoms with Crippen LogP contribution < -0.4 is 16.0 Å². The highest BCUT2D eigenvalue weighted by molar-refractivity contribution is 6.30. The summed E-state index contributed by atoms with van der Waals surface area (Å²) in [5, 5.41) is -0.284. The first-order valence-electron chi connectivity index (χ1n) is 6.25. The van der Waals surface area contributed by atoms with Crippen LogP contribution in [0.25, 0.3) is 0 Å². The Kier molecular flexibility index (Phi) is 5.06. The molecule has 112 valence electrons. The Hall–Kier alpha value is -1.76. The molecule has 21 heavy (non-hydrogen) atoms. The summed E-state index contributed by atoms with van der Waals surface area (Å²) in [5.74, 6) is 4.61. The third kappa shape index (κ3) is 3.47. The second kappa shape index (κ2) is 6.80. The van der Waals surface area contributed by atoms with Crippen LogP contribution in [-0.2, 0) is 0 Å². The lowest BCUT2D eigenvalue weighted by molar-refractivity contribution is 0.338. The maximum atomic E-state index is 14.0. The number of pyridine rings is 1. The Morgan fingerprint density at radius 1 is 1.29 bits per heavy atom. The van der Waals surface area contributed by atoms with Crippen LogP contribution >= 0.6 is 11.6 Å². The molecule has 0 aliphatic heterocycles. The summed E-state index contributed by atoms with van der Waals surface area (Å²) in [6.07, 6.45) is 3.03. The van der Waals surface area contributed by atoms with E-state index in [1.807, 2.05) is 6.92 Å². The number of aromatic nitrogens is 1. The van der Waals surface area contributed by atoms with Crippen LogP contribution in [0.5, 0.6) is 5.75 Å². The van der Waals surface area contributed by atoms with Crippen molar-refractivity contribution in [2.24, 2.45) is 5.84 Å². The summed E-state index contributed by atoms with van der Waals surface area (Å²) in [7, 11) is 0. The predicted octanol–water partition coefficient (Wildman–Crippen LogP) is 2.96. The van der Waals surface area contributed by atoms with E-state index in [0.29, 0.717) is 17.9 Å². The molecule has 0 bridgehead atoms. The van der Waals surface area contributed by atoms with E-state index in [1.165, 1.54) is 12.4 Å². The van der Waals surface area contributed by atoms with Gasteiger partial charge in [0.1, 0.15) is 17.4 Å². The van der Waals surface area contributed by atoms with Crippen LogP contribution in [0.1, 0.15) is 24.1 Å². The number of benzene rings is 1. The van der Waals surface area contributed by atoms with Crippen LogP contribution in [0.3, 0.4) is 0 Å². The van der Waals surface area contributed by atoms with Crippen molar-refractivity contribution in [3.63, 3.8) is 0 Å². The van der Waals surface area contributed by atoms with Crippen molar-refractivity contribution in [2.75, 3.05) is 6.61 Å². The fourth-order valence-corrected chi connectivity index (χ4v) is 2.11. The third-order valence-electron chi connectivity index (χ3n) is 2.90. The number of halogens is 3. The van der Waals surface area contributed by atoms with E-state index in [0.717, 1.165) is 12.1 Å². The molecular formula is C14H14ClF2N3O. The molecule has 0 amide bonds. The van der Waals surface area contributed by atoms with Gasteiger partial charge in [0.2, 0.25) is 0 Å². The normalized spacial score (nSPS) is 12.2. The topological polar surface area (TPSA) is 60.2 Å². The van der Waals surface area contributed by atoms with Gasteiger partial charge in [-0.3, -0.25) is 10.8 Å². The van der Waals surface area contributed by atoms with Gasteiger partial charge in [-0.15, -0.1) is 0 Å². The van der Waals surface area contributed by atoms with E-state index in [2.05, 4.69) is 10.4 Å². The quantitative estimate of drug-likeness (QED) is 0.506. The molecule has 0 aliphatic rings. The molecule has 2 rings (SSSR count). The highest BCUT2D eigenvalue weighted by Crippen LogP contribution is 2.29. The van der Waals surface area contributed by atoms with Gasteiger partial charge < -0.3 is 4.74 Å². The average Bonchev–Trinajstić information content (AvgIpc) is 2.46. The molecule has 1 aromatic heterocycles. The SMILES string of the molecule is CCOc1cncc(C(NN)c2cc(F)c(Cl)cc2F)c1. The van der Waals surface area contributed by atoms with E-state index in [4.69, 9.17) is 22.2 Å². The zero-order chi connectivity index (χ0) is 15.4. The Morgan fingerprint density at radius 3 is 2.71 bits per heavy atom. The summed E-state index contributed by atoms with van der Waals surface area (Å²) in [5.41, 5.74) is 3.03. The maximum absolute atomic E-state index is 14.0. The molecule has 1 aromatic carbocycles. The van der Waals surface area contributed by atoms with Crippen molar-refractivity contribution in [1.29, 1.82) is 0 Å². The highest BCUT2D eigenvalue weighted by Gasteiger charge is 2.20. The van der Waals surface area contributed by atoms with Gasteiger partial charge in [0.15, 0.2) is 0 Å². The maximum Gasteiger partial charge on any atom is 0.142 e. The van der Waals surface area contributed by atoms with E-state index >= 15 is 0 Å². The van der Waals surface area contributed by atoms with E-state index in [9.17, 15) is 8.78 Å². The van der Waals surface area contributed by atoms with Gasteiger partial charge in [0.05, 0.1) is 23.9 Å². The smallest absolute Gasteiger partial charge is 0.142 e. The van der Waals surface area contributed by atoms with Crippen LogP contribution in [0.15, 0.2) is 30.6 Å². The molecule has 0 radical (unpaired) electrons. The summed E-state index contributed by atoms with van der Waals surface area (Å²) in [4.78, 5) is 4.00. The van der Waals surface area contributed by atoms with E-state index in [1.54, 1.807) is 6.07 Å². The van der Waals surface area contributed by atoms with Crippen molar-refractivity contribution in [3.8, 4) is 5.75 Å². The van der Waals surface area contributed by atoms with Gasteiger partial charge >= 0.3 is 0 Å². The molecule has 1 unspecified atom stereocenters. The lowest BCUT2D eigenvalue weighted by Gasteiger charge is -2.18. The van der Waals surface area contributed by atoms with Crippen LogP contribution in [0.4, 0.5) is 8.78 Å². The molecule has 1 heterocycles. The van der Waals surface area contributed by atoms with Crippen molar-refractivity contribution in [1.82, 2.24) is 10.4 Å². The van der Waals surface area contributed by atoms with E-state index < -0.39 is 17.7 Å². The second-order valence-corrected chi connectivity index (χ2v) is 4.68. The largest absolute Gasteiger partial charge is 0.492 e. The Bertz CT molecular complexity index is 640. The van der Waals surface area contributed by atoms with Crippen LogP contribution in [0, 0.1) is 11.6 Å². The molecule has 0 aliphatic carbocycles. The molecule has 3 N–H and O–H groups in total. The van der Waals surface area contributed by atoms with Crippen LogP contribution in [-0.4, -0.2) is 11.6 Å². The second-order valence-electron chi connectivity index (χ2n) is 4.27. The number of ether oxygens (including phenoxy) is 1. The van der Waals surface area contributed by atoms with Gasteiger partial charge in [-0.05, 0) is 30.7 Å². The van der Waals surface area contributed by atoms with Crippen molar-refractivity contribution in [3.05, 3.63) is 58.4 Å². The zero-order valence-electron chi connectivity index (χ0n) is 11.2. The Morgan fingerprint density at radius 2 is 2.05 bits per heavy atom. The number of hydrogen-bond acceptors (Lipinski definition) is 4. The van der Waals surface area contributed by atoms with Crippen molar-refractivity contribution < 1.29 is 13.5 Å². The first-order valence-corrected chi connectivity index (χ1v) is 6.63. The molecule has 1 atom stereocenters. The lowest BCUT2D eigenvalue weighted by Crippen LogP contribution is -2.29. The number of rotatable bonds is 5. The minimum Gasteiger partial charge on any atom is -0.492 e. The standard InChI is InChI=1S/C14H14ClF2N3O/c1-2-21-9-3-8(6-19-7-9)14(20-18)10-4-13(17)11(15)5-12(10)16/h3-7,14,20H,2,18H2,1H3. The molecule has 0 saturated carbocycles. The van der Waals surface area contributed by atoms with Gasteiger partial charge in [-0.25, -0.2) is 14.2 Å². The monoisotopic (exact) mass is 313 g/mol. The number of hydrazine groups is 1. The summed E-state index contributed by atoms with van der Waals surface area (Å²) in [6.45, 7) is 2.30. The third-order valence-corrected chi connectivity index (χ3v) is 3.19. The summed E-state index contributed by atoms with van der Waals surface area (Å²) in [6, 6.07) is 2.81. The molecule has 7 heteroatoms. The van der Waals surface area contributed by atoms with Crippen molar-refractivity contribution in [2.45, 2.75) is 13.0 Å². The summed E-state index contributed by atoms with van der Waals surface area (Å²) >= 11 is 5.55. The first kappa shape index (κ1) is 15.6. The Balaban J connectivity index is 2.44. The van der Waals surface area contributed by atoms with Crippen LogP contribution in [0.2, 0.25) is 5.02 Å². The fourth-order valence-electron chi connectivity index (χ4n) is 1.96. The molecular weight excluding hydrogens is 300 g/mol. The highest BCUT2D eigenvalue weighted by atomic mass is 35.5. The molecule has 0 spiro atoms. The number of nitrogens with one attached hydrogen (secondary N) is 1. The number of nitrogens with zero attached hydrogens (tertiary/aromatic N) is 1. The minimum absolute atomic E-state index is 0.0369. The van der Waals surface area contributed by atoms with Crippen molar-refractivity contribution >= 4 is 11.6 Å². The lowest BCUT2D eigenvalue weighted by atomic mass is 10.00. The fraction of sp³-hybridized carbons (Fsp3) is 0.214. The predicted molar refractivity (Wildman–Crippen MR) is 75.9 cm³/mol. The Labute approximate surface area is 125 Å². The summed E-state index contributed by atoms with van der Waals surface area (Å²) < 4.78 is 32.9. The minimum atomic E-state index is -0.773. The first-order chi connectivity index (χ1) is 10.1. The van der Waals surface area contributed by atoms with Gasteiger partial charge in [0.25, 0.3) is 0 Å². The molecule has 4 nitrogen and oxygen atoms in total. The number of hydrogen-bond donors (Lipinski definition) is 2. The molecule has 2 aromatic rings. The zero-order valence-corrected chi connectivity index (χ0v) is 12.0. The van der Waals surface area contributed by atoms with Gasteiger partial charge in [-0.2, -0.15) is 0 Å². The molecule has 0 saturated heterocycles. The van der Waals surface area contributed by atoms with E-state index in [-0.39, 0.29) is 10.6 Å². The van der Waals surface area contributed by atoms with Gasteiger partial charge in [0, 0.05) is 11.8 Å². The average molecular weight is 314 g/mol. The number of nitrogens with two attached hydrogens (primary N) is 1.